The number of aliphatic hydroxyl groups is 1. The first-order chi connectivity index (χ1) is 8.45. The summed E-state index contributed by atoms with van der Waals surface area (Å²) in [4.78, 5) is 0. The van der Waals surface area contributed by atoms with Crippen LogP contribution in [0.4, 0.5) is 0 Å². The molecule has 0 saturated heterocycles. The highest BCUT2D eigenvalue weighted by Gasteiger charge is 2.24. The fourth-order valence-corrected chi connectivity index (χ4v) is 2.18. The van der Waals surface area contributed by atoms with Crippen molar-refractivity contribution in [2.24, 2.45) is 5.73 Å². The predicted octanol–water partition coefficient (Wildman–Crippen LogP) is 3.38. The minimum atomic E-state index is -0.838. The van der Waals surface area contributed by atoms with E-state index < -0.39 is 5.60 Å². The highest BCUT2D eigenvalue weighted by atomic mass is 35.5. The lowest BCUT2D eigenvalue weighted by Gasteiger charge is -2.26. The summed E-state index contributed by atoms with van der Waals surface area (Å²) in [6.45, 7) is 4.31. The van der Waals surface area contributed by atoms with Gasteiger partial charge in [0, 0.05) is 17.1 Å². The lowest BCUT2D eigenvalue weighted by Crippen LogP contribution is -2.34. The lowest BCUT2D eigenvalue weighted by molar-refractivity contribution is -0.0115. The lowest BCUT2D eigenvalue weighted by atomic mass is 9.99. The van der Waals surface area contributed by atoms with Crippen molar-refractivity contribution in [2.75, 3.05) is 6.61 Å². The molecule has 0 bridgehead atoms. The molecule has 0 aromatic heterocycles. The molecule has 5 heteroatoms. The molecular weight excluding hydrogens is 273 g/mol. The van der Waals surface area contributed by atoms with Gasteiger partial charge in [-0.2, -0.15) is 0 Å². The summed E-state index contributed by atoms with van der Waals surface area (Å²) in [6, 6.07) is 3.33. The van der Waals surface area contributed by atoms with Crippen molar-refractivity contribution < 1.29 is 9.84 Å². The van der Waals surface area contributed by atoms with Gasteiger partial charge in [-0.25, -0.2) is 0 Å². The van der Waals surface area contributed by atoms with Gasteiger partial charge in [-0.05, 0) is 25.0 Å². The van der Waals surface area contributed by atoms with Gasteiger partial charge in [0.1, 0.15) is 12.4 Å². The summed E-state index contributed by atoms with van der Waals surface area (Å²) in [5.41, 5.74) is 5.53. The maximum Gasteiger partial charge on any atom is 0.142 e. The largest absolute Gasteiger partial charge is 0.489 e. The van der Waals surface area contributed by atoms with Gasteiger partial charge in [0.25, 0.3) is 0 Å². The van der Waals surface area contributed by atoms with Crippen LogP contribution < -0.4 is 10.5 Å². The van der Waals surface area contributed by atoms with E-state index >= 15 is 0 Å². The second-order valence-corrected chi connectivity index (χ2v) is 5.14. The van der Waals surface area contributed by atoms with Gasteiger partial charge in [-0.15, -0.1) is 0 Å². The zero-order chi connectivity index (χ0) is 13.8. The molecule has 102 valence electrons. The van der Waals surface area contributed by atoms with Gasteiger partial charge in [0.2, 0.25) is 0 Å². The summed E-state index contributed by atoms with van der Waals surface area (Å²) >= 11 is 12.0. The maximum atomic E-state index is 10.2. The quantitative estimate of drug-likeness (QED) is 0.845. The summed E-state index contributed by atoms with van der Waals surface area (Å²) in [5, 5.41) is 11.1. The normalized spacial score (nSPS) is 11.7. The van der Waals surface area contributed by atoms with Crippen LogP contribution in [0.5, 0.6) is 5.75 Å². The molecule has 3 nitrogen and oxygen atoms in total. The Morgan fingerprint density at radius 1 is 1.28 bits per heavy atom. The van der Waals surface area contributed by atoms with Gasteiger partial charge in [-0.3, -0.25) is 0 Å². The van der Waals surface area contributed by atoms with E-state index in [0.29, 0.717) is 28.6 Å². The molecule has 1 aromatic carbocycles. The molecule has 0 radical (unpaired) electrons. The minimum absolute atomic E-state index is 0.189. The zero-order valence-electron chi connectivity index (χ0n) is 10.7. The summed E-state index contributed by atoms with van der Waals surface area (Å²) in [6.07, 6.45) is 1.24. The number of halogens is 2. The molecule has 3 N–H and O–H groups in total. The number of hydrogen-bond donors (Lipinski definition) is 2. The van der Waals surface area contributed by atoms with Crippen molar-refractivity contribution in [3.8, 4) is 5.75 Å². The van der Waals surface area contributed by atoms with Crippen molar-refractivity contribution in [3.05, 3.63) is 27.7 Å². The summed E-state index contributed by atoms with van der Waals surface area (Å²) < 4.78 is 5.64. The third kappa shape index (κ3) is 3.75. The molecule has 1 aromatic rings. The highest BCUT2D eigenvalue weighted by molar-refractivity contribution is 6.35. The van der Waals surface area contributed by atoms with Crippen LogP contribution >= 0.6 is 23.2 Å². The first-order valence-corrected chi connectivity index (χ1v) is 6.74. The average Bonchev–Trinajstić information content (AvgIpc) is 2.36. The first kappa shape index (κ1) is 15.6. The highest BCUT2D eigenvalue weighted by Crippen LogP contribution is 2.33. The first-order valence-electron chi connectivity index (χ1n) is 5.99. The van der Waals surface area contributed by atoms with Crippen LogP contribution in [0.2, 0.25) is 10.0 Å². The Balaban J connectivity index is 2.91. The molecule has 0 aliphatic heterocycles. The summed E-state index contributed by atoms with van der Waals surface area (Å²) in [5.74, 6) is 0.504. The standard InChI is InChI=1S/C13H19Cl2NO2/c1-3-13(17,4-2)8-18-12-9(7-16)5-10(14)6-11(12)15/h5-6,17H,3-4,7-8,16H2,1-2H3. The van der Waals surface area contributed by atoms with Crippen LogP contribution in [0.1, 0.15) is 32.3 Å². The Morgan fingerprint density at radius 3 is 2.39 bits per heavy atom. The number of ether oxygens (including phenoxy) is 1. The molecule has 0 atom stereocenters. The molecule has 0 fully saturated rings. The second kappa shape index (κ2) is 6.62. The molecule has 0 unspecified atom stereocenters. The van der Waals surface area contributed by atoms with Crippen LogP contribution in [-0.4, -0.2) is 17.3 Å². The monoisotopic (exact) mass is 291 g/mol. The smallest absolute Gasteiger partial charge is 0.142 e. The number of benzene rings is 1. The number of rotatable bonds is 6. The third-order valence-electron chi connectivity index (χ3n) is 3.11. The molecule has 18 heavy (non-hydrogen) atoms. The molecule has 1 rings (SSSR count). The van der Waals surface area contributed by atoms with Gasteiger partial charge in [0.05, 0.1) is 10.6 Å². The fourth-order valence-electron chi connectivity index (χ4n) is 1.59. The van der Waals surface area contributed by atoms with Gasteiger partial charge < -0.3 is 15.6 Å². The van der Waals surface area contributed by atoms with Crippen LogP contribution in [0.3, 0.4) is 0 Å². The fraction of sp³-hybridized carbons (Fsp3) is 0.538. The van der Waals surface area contributed by atoms with Crippen molar-refractivity contribution >= 4 is 23.2 Å². The van der Waals surface area contributed by atoms with E-state index in [1.807, 2.05) is 13.8 Å². The van der Waals surface area contributed by atoms with E-state index in [1.54, 1.807) is 12.1 Å². The Labute approximate surface area is 118 Å². The maximum absolute atomic E-state index is 10.2. The number of nitrogens with two attached hydrogens (primary N) is 1. The number of hydrogen-bond acceptors (Lipinski definition) is 3. The molecule has 0 saturated carbocycles. The van der Waals surface area contributed by atoms with Gasteiger partial charge >= 0.3 is 0 Å². The molecule has 0 aliphatic rings. The van der Waals surface area contributed by atoms with E-state index in [0.717, 1.165) is 5.56 Å². The Kier molecular flexibility index (Phi) is 5.73. The van der Waals surface area contributed by atoms with Crippen molar-refractivity contribution in [3.63, 3.8) is 0 Å². The second-order valence-electron chi connectivity index (χ2n) is 4.30. The Morgan fingerprint density at radius 2 is 1.89 bits per heavy atom. The van der Waals surface area contributed by atoms with Crippen molar-refractivity contribution in [1.29, 1.82) is 0 Å². The zero-order valence-corrected chi connectivity index (χ0v) is 12.2. The molecule has 0 aliphatic carbocycles. The van der Waals surface area contributed by atoms with Crippen molar-refractivity contribution in [2.45, 2.75) is 38.8 Å². The molecular formula is C13H19Cl2NO2. The van der Waals surface area contributed by atoms with Crippen LogP contribution in [0.15, 0.2) is 12.1 Å². The van der Waals surface area contributed by atoms with Crippen LogP contribution in [-0.2, 0) is 6.54 Å². The van der Waals surface area contributed by atoms with Gasteiger partial charge in [-0.1, -0.05) is 37.0 Å². The molecule has 0 spiro atoms. The third-order valence-corrected chi connectivity index (χ3v) is 3.61. The molecule has 0 heterocycles. The Hall–Kier alpha value is -0.480. The minimum Gasteiger partial charge on any atom is -0.489 e. The van der Waals surface area contributed by atoms with Crippen molar-refractivity contribution in [1.82, 2.24) is 0 Å². The Bertz CT molecular complexity index is 406. The SMILES string of the molecule is CCC(O)(CC)COc1c(Cl)cc(Cl)cc1CN. The summed E-state index contributed by atoms with van der Waals surface area (Å²) in [7, 11) is 0. The van der Waals surface area contributed by atoms with Crippen LogP contribution in [0.25, 0.3) is 0 Å². The van der Waals surface area contributed by atoms with E-state index in [1.165, 1.54) is 0 Å². The van der Waals surface area contributed by atoms with E-state index in [-0.39, 0.29) is 13.2 Å². The van der Waals surface area contributed by atoms with E-state index in [4.69, 9.17) is 33.7 Å². The van der Waals surface area contributed by atoms with E-state index in [9.17, 15) is 5.11 Å². The average molecular weight is 292 g/mol. The topological polar surface area (TPSA) is 55.5 Å². The predicted molar refractivity (Wildman–Crippen MR) is 75.4 cm³/mol. The van der Waals surface area contributed by atoms with Gasteiger partial charge in [0.15, 0.2) is 0 Å². The van der Waals surface area contributed by atoms with E-state index in [2.05, 4.69) is 0 Å². The molecule has 0 amide bonds. The van der Waals surface area contributed by atoms with Crippen LogP contribution in [0, 0.1) is 0 Å².